The second-order valence-electron chi connectivity index (χ2n) is 5.19. The summed E-state index contributed by atoms with van der Waals surface area (Å²) in [6, 6.07) is 0. The van der Waals surface area contributed by atoms with Crippen LogP contribution in [0.5, 0.6) is 0 Å². The first kappa shape index (κ1) is 9.95. The fraction of sp³-hybridized carbons (Fsp3) is 0.769. The van der Waals surface area contributed by atoms with Crippen LogP contribution in [0.3, 0.4) is 0 Å². The van der Waals surface area contributed by atoms with Gasteiger partial charge in [-0.2, -0.15) is 0 Å². The summed E-state index contributed by atoms with van der Waals surface area (Å²) in [5.41, 5.74) is 2.97. The summed E-state index contributed by atoms with van der Waals surface area (Å²) < 4.78 is 0. The molecule has 0 heterocycles. The molecule has 0 amide bonds. The highest BCUT2D eigenvalue weighted by atomic mass is 16.1. The molecule has 1 heteroatoms. The highest BCUT2D eigenvalue weighted by Gasteiger charge is 2.36. The zero-order valence-electron chi connectivity index (χ0n) is 9.36. The van der Waals surface area contributed by atoms with Gasteiger partial charge in [-0.1, -0.05) is 17.6 Å². The van der Waals surface area contributed by atoms with Crippen LogP contribution in [0.25, 0.3) is 0 Å². The number of rotatable bonds is 0. The summed E-state index contributed by atoms with van der Waals surface area (Å²) in [5, 5.41) is 0. The van der Waals surface area contributed by atoms with Crippen molar-refractivity contribution in [3.63, 3.8) is 0 Å². The minimum absolute atomic E-state index is 0.141. The number of carbonyl (C=O) groups is 1. The largest absolute Gasteiger partial charge is 0.299 e. The molecule has 0 radical (unpaired) electrons. The summed E-state index contributed by atoms with van der Waals surface area (Å²) in [6.45, 7) is 4.24. The van der Waals surface area contributed by atoms with Gasteiger partial charge in [-0.15, -0.1) is 0 Å². The lowest BCUT2D eigenvalue weighted by Gasteiger charge is -2.33. The molecular weight excluding hydrogens is 172 g/mol. The first-order valence-corrected chi connectivity index (χ1v) is 5.87. The number of hydrogen-bond donors (Lipinski definition) is 0. The maximum Gasteiger partial charge on any atom is 0.142 e. The van der Waals surface area contributed by atoms with E-state index < -0.39 is 0 Å². The Bertz CT molecular complexity index is 284. The predicted octanol–water partition coefficient (Wildman–Crippen LogP) is 3.64. The van der Waals surface area contributed by atoms with Gasteiger partial charge in [0.15, 0.2) is 0 Å². The van der Waals surface area contributed by atoms with Crippen LogP contribution in [0, 0.1) is 5.41 Å². The zero-order valence-corrected chi connectivity index (χ0v) is 9.36. The van der Waals surface area contributed by atoms with Crippen molar-refractivity contribution in [1.82, 2.24) is 0 Å². The van der Waals surface area contributed by atoms with Gasteiger partial charge in [-0.3, -0.25) is 4.79 Å². The van der Waals surface area contributed by atoms with Crippen molar-refractivity contribution in [3.8, 4) is 0 Å². The summed E-state index contributed by atoms with van der Waals surface area (Å²) in [6.07, 6.45) is 8.24. The van der Waals surface area contributed by atoms with Crippen LogP contribution in [-0.2, 0) is 4.79 Å². The van der Waals surface area contributed by atoms with Crippen LogP contribution in [0.2, 0.25) is 0 Å². The minimum Gasteiger partial charge on any atom is -0.299 e. The Morgan fingerprint density at radius 2 is 1.64 bits per heavy atom. The zero-order chi connectivity index (χ0) is 10.2. The van der Waals surface area contributed by atoms with Crippen molar-refractivity contribution in [2.75, 3.05) is 0 Å². The van der Waals surface area contributed by atoms with Crippen molar-refractivity contribution in [2.24, 2.45) is 5.41 Å². The molecule has 0 atom stereocenters. The molecule has 0 aromatic rings. The van der Waals surface area contributed by atoms with E-state index in [-0.39, 0.29) is 5.41 Å². The topological polar surface area (TPSA) is 17.1 Å². The van der Waals surface area contributed by atoms with Crippen LogP contribution in [0.1, 0.15) is 58.8 Å². The van der Waals surface area contributed by atoms with Gasteiger partial charge < -0.3 is 0 Å². The monoisotopic (exact) mass is 192 g/mol. The maximum absolute atomic E-state index is 11.8. The molecule has 2 rings (SSSR count). The quantitative estimate of drug-likeness (QED) is 0.535. The van der Waals surface area contributed by atoms with E-state index in [4.69, 9.17) is 0 Å². The molecule has 0 unspecified atom stereocenters. The number of carbonyl (C=O) groups excluding carboxylic acids is 1. The molecule has 78 valence electrons. The van der Waals surface area contributed by atoms with Crippen LogP contribution in [-0.4, -0.2) is 5.78 Å². The lowest BCUT2D eigenvalue weighted by molar-refractivity contribution is -0.126. The van der Waals surface area contributed by atoms with Crippen molar-refractivity contribution in [3.05, 3.63) is 11.1 Å². The fourth-order valence-corrected chi connectivity index (χ4v) is 2.92. The van der Waals surface area contributed by atoms with Crippen LogP contribution >= 0.6 is 0 Å². The van der Waals surface area contributed by atoms with E-state index >= 15 is 0 Å². The molecule has 0 saturated carbocycles. The van der Waals surface area contributed by atoms with Gasteiger partial charge >= 0.3 is 0 Å². The van der Waals surface area contributed by atoms with Crippen LogP contribution in [0.4, 0.5) is 0 Å². The van der Waals surface area contributed by atoms with Crippen LogP contribution in [0.15, 0.2) is 11.1 Å². The van der Waals surface area contributed by atoms with Crippen LogP contribution < -0.4 is 0 Å². The highest BCUT2D eigenvalue weighted by Crippen LogP contribution is 2.43. The summed E-state index contributed by atoms with van der Waals surface area (Å²) in [7, 11) is 0. The van der Waals surface area contributed by atoms with Crippen molar-refractivity contribution in [1.29, 1.82) is 0 Å². The molecular formula is C13H20O. The van der Waals surface area contributed by atoms with Gasteiger partial charge in [-0.25, -0.2) is 0 Å². The molecule has 0 spiro atoms. The third-order valence-electron chi connectivity index (χ3n) is 3.94. The Hall–Kier alpha value is -0.590. The van der Waals surface area contributed by atoms with Crippen molar-refractivity contribution >= 4 is 5.78 Å². The van der Waals surface area contributed by atoms with Gasteiger partial charge in [0.25, 0.3) is 0 Å². The van der Waals surface area contributed by atoms with E-state index in [1.165, 1.54) is 37.7 Å². The van der Waals surface area contributed by atoms with Gasteiger partial charge in [0.2, 0.25) is 0 Å². The molecule has 0 N–H and O–H groups in total. The molecule has 0 aromatic heterocycles. The Labute approximate surface area is 86.6 Å². The predicted molar refractivity (Wildman–Crippen MR) is 58.1 cm³/mol. The normalized spacial score (nSPS) is 27.1. The molecule has 14 heavy (non-hydrogen) atoms. The molecule has 2 aliphatic carbocycles. The SMILES string of the molecule is CC1(C)C(=O)CCC2=C1CCCCC2. The van der Waals surface area contributed by atoms with Gasteiger partial charge in [0.1, 0.15) is 5.78 Å². The van der Waals surface area contributed by atoms with E-state index in [9.17, 15) is 4.79 Å². The Balaban J connectivity index is 2.36. The second-order valence-corrected chi connectivity index (χ2v) is 5.19. The summed E-state index contributed by atoms with van der Waals surface area (Å²) in [5.74, 6) is 0.457. The first-order chi connectivity index (χ1) is 6.62. The van der Waals surface area contributed by atoms with E-state index in [0.717, 1.165) is 12.8 Å². The Morgan fingerprint density at radius 3 is 2.43 bits per heavy atom. The third-order valence-corrected chi connectivity index (χ3v) is 3.94. The fourth-order valence-electron chi connectivity index (χ4n) is 2.92. The summed E-state index contributed by atoms with van der Waals surface area (Å²) in [4.78, 5) is 11.8. The third kappa shape index (κ3) is 1.53. The molecule has 0 aromatic carbocycles. The lowest BCUT2D eigenvalue weighted by Crippen LogP contribution is -2.31. The number of ketones is 1. The van der Waals surface area contributed by atoms with E-state index in [0.29, 0.717) is 5.78 Å². The van der Waals surface area contributed by atoms with E-state index in [1.807, 2.05) is 0 Å². The average molecular weight is 192 g/mol. The average Bonchev–Trinajstić information content (AvgIpc) is 2.37. The van der Waals surface area contributed by atoms with Crippen molar-refractivity contribution in [2.45, 2.75) is 58.8 Å². The van der Waals surface area contributed by atoms with Crippen molar-refractivity contribution < 1.29 is 4.79 Å². The molecule has 0 bridgehead atoms. The molecule has 1 nitrogen and oxygen atoms in total. The van der Waals surface area contributed by atoms with Gasteiger partial charge in [-0.05, 0) is 46.0 Å². The van der Waals surface area contributed by atoms with E-state index in [2.05, 4.69) is 13.8 Å². The van der Waals surface area contributed by atoms with Gasteiger partial charge in [0, 0.05) is 11.8 Å². The molecule has 0 fully saturated rings. The number of allylic oxidation sites excluding steroid dienone is 2. The van der Waals surface area contributed by atoms with Gasteiger partial charge in [0.05, 0.1) is 0 Å². The standard InChI is InChI=1S/C13H20O/c1-13(2)11-7-5-3-4-6-10(11)8-9-12(13)14/h3-9H2,1-2H3. The Morgan fingerprint density at radius 1 is 0.929 bits per heavy atom. The molecule has 2 aliphatic rings. The molecule has 0 saturated heterocycles. The molecule has 0 aliphatic heterocycles. The highest BCUT2D eigenvalue weighted by molar-refractivity contribution is 5.88. The smallest absolute Gasteiger partial charge is 0.142 e. The number of hydrogen-bond acceptors (Lipinski definition) is 1. The summed E-state index contributed by atoms with van der Waals surface area (Å²) >= 11 is 0. The Kier molecular flexibility index (Phi) is 2.50. The minimum atomic E-state index is -0.141. The lowest BCUT2D eigenvalue weighted by atomic mass is 9.70. The number of Topliss-reactive ketones (excluding diaryl/α,β-unsaturated/α-hetero) is 1. The first-order valence-electron chi connectivity index (χ1n) is 5.87. The van der Waals surface area contributed by atoms with E-state index in [1.54, 1.807) is 5.57 Å². The second kappa shape index (κ2) is 3.52. The maximum atomic E-state index is 11.8.